The summed E-state index contributed by atoms with van der Waals surface area (Å²) in [6.45, 7) is 5.76. The van der Waals surface area contributed by atoms with Gasteiger partial charge in [-0.05, 0) is 74.3 Å². The molecule has 1 heterocycles. The monoisotopic (exact) mass is 521 g/mol. The molecule has 4 rings (SSSR count). The third-order valence-electron chi connectivity index (χ3n) is 7.26. The van der Waals surface area contributed by atoms with Crippen molar-refractivity contribution < 1.29 is 23.8 Å². The van der Waals surface area contributed by atoms with Gasteiger partial charge < -0.3 is 19.5 Å². The molecular weight excluding hydrogens is 486 g/mol. The van der Waals surface area contributed by atoms with E-state index in [-0.39, 0.29) is 23.8 Å². The number of methoxy groups -OCH3 is 2. The van der Waals surface area contributed by atoms with Gasteiger partial charge in [-0.2, -0.15) is 0 Å². The topological polar surface area (TPSA) is 73.9 Å². The summed E-state index contributed by atoms with van der Waals surface area (Å²) in [6.07, 6.45) is 3.54. The zero-order valence-corrected chi connectivity index (χ0v) is 23.2. The number of Topliss-reactive ketones (excluding diaryl/α,β-unsaturated/α-hetero) is 1. The summed E-state index contributed by atoms with van der Waals surface area (Å²) < 4.78 is 16.6. The van der Waals surface area contributed by atoms with Gasteiger partial charge in [0.15, 0.2) is 17.3 Å². The second-order valence-corrected chi connectivity index (χ2v) is 10.4. The highest BCUT2D eigenvalue weighted by atomic mass is 32.2. The van der Waals surface area contributed by atoms with E-state index in [0.717, 1.165) is 33.8 Å². The first-order valence-electron chi connectivity index (χ1n) is 12.6. The molecule has 0 fully saturated rings. The predicted octanol–water partition coefficient (Wildman–Crippen LogP) is 6.13. The molecule has 1 N–H and O–H groups in total. The van der Waals surface area contributed by atoms with E-state index >= 15 is 0 Å². The van der Waals surface area contributed by atoms with Gasteiger partial charge in [0, 0.05) is 34.2 Å². The molecule has 0 radical (unpaired) electrons. The van der Waals surface area contributed by atoms with Crippen molar-refractivity contribution in [1.82, 2.24) is 5.32 Å². The van der Waals surface area contributed by atoms with Gasteiger partial charge in [-0.3, -0.25) is 4.79 Å². The molecule has 2 aromatic carbocycles. The average molecular weight is 522 g/mol. The summed E-state index contributed by atoms with van der Waals surface area (Å²) in [5.74, 6) is 0.471. The van der Waals surface area contributed by atoms with Gasteiger partial charge in [0.1, 0.15) is 0 Å². The van der Waals surface area contributed by atoms with Gasteiger partial charge in [-0.15, -0.1) is 11.8 Å². The molecule has 1 aliphatic carbocycles. The van der Waals surface area contributed by atoms with Crippen molar-refractivity contribution >= 4 is 23.5 Å². The van der Waals surface area contributed by atoms with E-state index in [2.05, 4.69) is 5.32 Å². The number of benzene rings is 2. The lowest BCUT2D eigenvalue weighted by Crippen LogP contribution is -2.36. The van der Waals surface area contributed by atoms with Crippen LogP contribution in [0.2, 0.25) is 0 Å². The summed E-state index contributed by atoms with van der Waals surface area (Å²) in [5.41, 5.74) is 4.70. The third-order valence-corrected chi connectivity index (χ3v) is 8.00. The molecule has 2 aliphatic rings. The van der Waals surface area contributed by atoms with Gasteiger partial charge in [0.25, 0.3) is 0 Å². The Hall–Kier alpha value is -3.19. The molecule has 0 bridgehead atoms. The van der Waals surface area contributed by atoms with Crippen LogP contribution in [0.1, 0.15) is 63.0 Å². The lowest BCUT2D eigenvalue weighted by atomic mass is 9.71. The molecule has 6 nitrogen and oxygen atoms in total. The number of hydrogen-bond acceptors (Lipinski definition) is 7. The zero-order valence-electron chi connectivity index (χ0n) is 22.3. The molecule has 0 saturated carbocycles. The number of carbonyl (C=O) groups excluding carboxylic acids is 2. The fraction of sp³-hybridized carbons (Fsp3) is 0.400. The number of ketones is 1. The normalized spacial score (nSPS) is 20.2. The van der Waals surface area contributed by atoms with Crippen LogP contribution < -0.4 is 14.8 Å². The molecule has 37 heavy (non-hydrogen) atoms. The first-order valence-corrected chi connectivity index (χ1v) is 13.8. The van der Waals surface area contributed by atoms with Crippen LogP contribution in [-0.2, 0) is 14.3 Å². The third kappa shape index (κ3) is 5.42. The Bertz CT molecular complexity index is 1250. The Morgan fingerprint density at radius 1 is 1.05 bits per heavy atom. The van der Waals surface area contributed by atoms with Crippen molar-refractivity contribution in [3.05, 3.63) is 76.1 Å². The van der Waals surface area contributed by atoms with Crippen LogP contribution in [0.25, 0.3) is 0 Å². The molecule has 3 atom stereocenters. The Labute approximate surface area is 223 Å². The van der Waals surface area contributed by atoms with E-state index in [1.807, 2.05) is 69.5 Å². The van der Waals surface area contributed by atoms with Crippen LogP contribution in [-0.4, -0.2) is 38.3 Å². The zero-order chi connectivity index (χ0) is 26.7. The number of hydrogen-bond donors (Lipinski definition) is 1. The van der Waals surface area contributed by atoms with Crippen molar-refractivity contribution in [2.24, 2.45) is 0 Å². The highest BCUT2D eigenvalue weighted by molar-refractivity contribution is 7.98. The molecule has 0 saturated heterocycles. The van der Waals surface area contributed by atoms with Crippen molar-refractivity contribution in [1.29, 1.82) is 0 Å². The van der Waals surface area contributed by atoms with Crippen molar-refractivity contribution in [3.8, 4) is 11.5 Å². The second-order valence-electron chi connectivity index (χ2n) is 9.53. The molecule has 196 valence electrons. The SMILES string of the molecule is CC[C@@H](C)OC(=O)C1=C(C)NC2=C(C(=O)C[C@H](c3ccc(OC)c(OC)c3)C2)[C@@H]1c1ccc(SC)cc1. The van der Waals surface area contributed by atoms with E-state index in [9.17, 15) is 9.59 Å². The minimum Gasteiger partial charge on any atom is -0.493 e. The number of allylic oxidation sites excluding steroid dienone is 3. The van der Waals surface area contributed by atoms with Crippen LogP contribution in [0.15, 0.2) is 69.9 Å². The van der Waals surface area contributed by atoms with Gasteiger partial charge in [-0.25, -0.2) is 4.79 Å². The van der Waals surface area contributed by atoms with Gasteiger partial charge in [0.2, 0.25) is 0 Å². The van der Waals surface area contributed by atoms with Crippen LogP contribution in [0.4, 0.5) is 0 Å². The fourth-order valence-corrected chi connectivity index (χ4v) is 5.52. The summed E-state index contributed by atoms with van der Waals surface area (Å²) in [5, 5.41) is 3.42. The van der Waals surface area contributed by atoms with Crippen LogP contribution in [0.3, 0.4) is 0 Å². The van der Waals surface area contributed by atoms with E-state index in [0.29, 0.717) is 35.5 Å². The number of nitrogens with one attached hydrogen (secondary N) is 1. The van der Waals surface area contributed by atoms with Gasteiger partial charge >= 0.3 is 5.97 Å². The number of dihydropyridines is 1. The Balaban J connectivity index is 1.76. The quantitative estimate of drug-likeness (QED) is 0.331. The number of carbonyl (C=O) groups is 2. The maximum absolute atomic E-state index is 13.8. The van der Waals surface area contributed by atoms with E-state index < -0.39 is 5.92 Å². The smallest absolute Gasteiger partial charge is 0.337 e. The van der Waals surface area contributed by atoms with Crippen LogP contribution in [0.5, 0.6) is 11.5 Å². The van der Waals surface area contributed by atoms with Crippen molar-refractivity contribution in [3.63, 3.8) is 0 Å². The first kappa shape index (κ1) is 26.9. The lowest BCUT2D eigenvalue weighted by molar-refractivity contribution is -0.144. The number of thioether (sulfide) groups is 1. The molecule has 2 aromatic rings. The molecule has 0 aromatic heterocycles. The standard InChI is InChI=1S/C30H35NO5S/c1-7-17(2)36-30(33)27-18(3)31-23-14-21(20-10-13-25(34-4)26(16-20)35-5)15-24(32)29(23)28(27)19-8-11-22(37-6)12-9-19/h8-13,16-17,21,28,31H,7,14-15H2,1-6H3/t17-,21-,28-/m1/s1. The highest BCUT2D eigenvalue weighted by Crippen LogP contribution is 2.46. The maximum Gasteiger partial charge on any atom is 0.337 e. The fourth-order valence-electron chi connectivity index (χ4n) is 5.11. The minimum absolute atomic E-state index is 0.0144. The average Bonchev–Trinajstić information content (AvgIpc) is 2.91. The second kappa shape index (κ2) is 11.5. The Kier molecular flexibility index (Phi) is 8.32. The molecular formula is C30H35NO5S. The summed E-state index contributed by atoms with van der Waals surface area (Å²) >= 11 is 1.66. The van der Waals surface area contributed by atoms with Gasteiger partial charge in [0.05, 0.1) is 25.9 Å². The summed E-state index contributed by atoms with van der Waals surface area (Å²) in [4.78, 5) is 28.3. The Morgan fingerprint density at radius 3 is 2.35 bits per heavy atom. The van der Waals surface area contributed by atoms with E-state index in [1.54, 1.807) is 26.0 Å². The van der Waals surface area contributed by atoms with Gasteiger partial charge in [-0.1, -0.05) is 25.1 Å². The minimum atomic E-state index is -0.470. The van der Waals surface area contributed by atoms with E-state index in [1.165, 1.54) is 0 Å². The number of rotatable bonds is 8. The maximum atomic E-state index is 13.8. The lowest BCUT2D eigenvalue weighted by Gasteiger charge is -2.37. The number of esters is 1. The molecule has 0 amide bonds. The largest absolute Gasteiger partial charge is 0.493 e. The molecule has 0 spiro atoms. The Morgan fingerprint density at radius 2 is 1.73 bits per heavy atom. The van der Waals surface area contributed by atoms with Crippen molar-refractivity contribution in [2.45, 2.75) is 62.9 Å². The van der Waals surface area contributed by atoms with Crippen molar-refractivity contribution in [2.75, 3.05) is 20.5 Å². The summed E-state index contributed by atoms with van der Waals surface area (Å²) in [7, 11) is 3.22. The highest BCUT2D eigenvalue weighted by Gasteiger charge is 2.41. The first-order chi connectivity index (χ1) is 17.8. The molecule has 7 heteroatoms. The van der Waals surface area contributed by atoms with Crippen LogP contribution >= 0.6 is 11.8 Å². The summed E-state index contributed by atoms with van der Waals surface area (Å²) in [6, 6.07) is 13.9. The molecule has 0 unspecified atom stereocenters. The van der Waals surface area contributed by atoms with Crippen LogP contribution in [0, 0.1) is 0 Å². The molecule has 1 aliphatic heterocycles. The number of ether oxygens (including phenoxy) is 3. The van der Waals surface area contributed by atoms with E-state index in [4.69, 9.17) is 14.2 Å². The predicted molar refractivity (Wildman–Crippen MR) is 146 cm³/mol.